The second kappa shape index (κ2) is 16.1. The Morgan fingerprint density at radius 3 is 1.66 bits per heavy atom. The third-order valence-corrected chi connectivity index (χ3v) is 23.2. The van der Waals surface area contributed by atoms with Gasteiger partial charge < -0.3 is 14.7 Å². The van der Waals surface area contributed by atoms with Crippen LogP contribution in [0.25, 0.3) is 21.9 Å². The van der Waals surface area contributed by atoms with Gasteiger partial charge in [-0.1, -0.05) is 206 Å². The minimum absolute atomic E-state index is 0.000707. The minimum Gasteiger partial charge on any atom is -0.335 e. The standard InChI is InChI=1S/C71H84BN3Si/c1-65(2,3)48-27-30-58(53(38-48)47-26-25-45-23-17-18-24-46(45)37-47)73-60-32-29-50(67(7,8)9)40-56(60)72-57-44-52(76(14,15)16)43-55-64(57)75(71(13)36-22-20-34-69(55,71)11)62-42-51(41-61(73)63(62)72)74-59-31-28-49(66(4,5)6)39-54(59)68(10)33-19-21-35-70(68,74)12/h17-18,23-32,37-44H,19-22,33-36H2,1-16H3. The van der Waals surface area contributed by atoms with Crippen molar-refractivity contribution in [2.75, 3.05) is 14.7 Å². The SMILES string of the molecule is CC(C)(C)c1ccc2c(c1)B1c3cc([Si](C)(C)C)cc4c3N(c3cc(N5c6ccc(C(C)(C)C)cc6C6(C)CCCCC56C)cc(c31)N2c1ccc(C(C)(C)C)cc1-c1ccc2ccccc2c1)C1(C)CCCCC41C. The lowest BCUT2D eigenvalue weighted by atomic mass is 9.33. The summed E-state index contributed by atoms with van der Waals surface area (Å²) in [5, 5.41) is 4.14. The van der Waals surface area contributed by atoms with E-state index in [9.17, 15) is 0 Å². The summed E-state index contributed by atoms with van der Waals surface area (Å²) in [6, 6.07) is 49.8. The first-order valence-electron chi connectivity index (χ1n) is 29.4. The summed E-state index contributed by atoms with van der Waals surface area (Å²) in [4.78, 5) is 8.66. The summed E-state index contributed by atoms with van der Waals surface area (Å²) in [6.07, 6.45) is 9.79. The van der Waals surface area contributed by atoms with Crippen molar-refractivity contribution in [3.63, 3.8) is 0 Å². The quantitative estimate of drug-likeness (QED) is 0.163. The number of rotatable bonds is 4. The van der Waals surface area contributed by atoms with Gasteiger partial charge in [-0.2, -0.15) is 0 Å². The van der Waals surface area contributed by atoms with Crippen LogP contribution < -0.4 is 36.3 Å². The van der Waals surface area contributed by atoms with Gasteiger partial charge in [0.05, 0.1) is 24.8 Å². The van der Waals surface area contributed by atoms with Crippen LogP contribution in [-0.2, 0) is 27.1 Å². The molecule has 0 saturated heterocycles. The molecule has 0 amide bonds. The van der Waals surface area contributed by atoms with Crippen LogP contribution in [0, 0.1) is 0 Å². The fourth-order valence-corrected chi connectivity index (χ4v) is 17.2. The molecule has 0 spiro atoms. The van der Waals surface area contributed by atoms with Crippen LogP contribution in [0.3, 0.4) is 0 Å². The number of fused-ring (bicyclic) bond motifs is 11. The zero-order valence-electron chi connectivity index (χ0n) is 49.1. The highest BCUT2D eigenvalue weighted by Gasteiger charge is 2.63. The number of benzene rings is 7. The van der Waals surface area contributed by atoms with Crippen LogP contribution in [-0.4, -0.2) is 25.9 Å². The molecule has 0 radical (unpaired) electrons. The van der Waals surface area contributed by atoms with Gasteiger partial charge in [0.15, 0.2) is 0 Å². The Balaban J connectivity index is 1.19. The van der Waals surface area contributed by atoms with Crippen LogP contribution in [0.1, 0.15) is 169 Å². The average molecular weight is 1020 g/mol. The Bertz CT molecular complexity index is 3600. The van der Waals surface area contributed by atoms with Gasteiger partial charge in [-0.05, 0) is 159 Å². The smallest absolute Gasteiger partial charge is 0.252 e. The van der Waals surface area contributed by atoms with E-state index in [2.05, 4.69) is 246 Å². The summed E-state index contributed by atoms with van der Waals surface area (Å²) in [5.41, 5.74) is 23.6. The van der Waals surface area contributed by atoms with Crippen molar-refractivity contribution in [2.24, 2.45) is 0 Å². The second-order valence-electron chi connectivity index (χ2n) is 29.7. The van der Waals surface area contributed by atoms with E-state index < -0.39 is 8.07 Å². The molecule has 2 fully saturated rings. The molecule has 4 aliphatic heterocycles. The van der Waals surface area contributed by atoms with Crippen molar-refractivity contribution in [1.82, 2.24) is 0 Å². The molecule has 390 valence electrons. The van der Waals surface area contributed by atoms with Gasteiger partial charge in [0.2, 0.25) is 0 Å². The first-order chi connectivity index (χ1) is 35.7. The fraction of sp³-hybridized carbons (Fsp3) is 0.437. The van der Waals surface area contributed by atoms with Crippen molar-refractivity contribution >= 4 is 86.9 Å². The molecule has 2 saturated carbocycles. The zero-order chi connectivity index (χ0) is 53.7. The average Bonchev–Trinajstić information content (AvgIpc) is 3.87. The molecule has 4 heterocycles. The van der Waals surface area contributed by atoms with Crippen LogP contribution in [0.2, 0.25) is 19.6 Å². The number of anilines is 7. The van der Waals surface area contributed by atoms with Crippen LogP contribution in [0.5, 0.6) is 0 Å². The normalized spacial score (nSPS) is 24.5. The van der Waals surface area contributed by atoms with Gasteiger partial charge in [0, 0.05) is 50.5 Å². The molecule has 7 aromatic carbocycles. The Hall–Kier alpha value is -5.52. The minimum atomic E-state index is -1.79. The van der Waals surface area contributed by atoms with E-state index in [0.29, 0.717) is 0 Å². The molecule has 0 aromatic heterocycles. The van der Waals surface area contributed by atoms with E-state index in [1.165, 1.54) is 140 Å². The molecular formula is C71H84BN3Si. The van der Waals surface area contributed by atoms with Crippen LogP contribution >= 0.6 is 0 Å². The Morgan fingerprint density at radius 2 is 1.01 bits per heavy atom. The van der Waals surface area contributed by atoms with Gasteiger partial charge in [0.1, 0.15) is 0 Å². The lowest BCUT2D eigenvalue weighted by molar-refractivity contribution is 0.194. The monoisotopic (exact) mass is 1020 g/mol. The number of hydrogen-bond acceptors (Lipinski definition) is 3. The molecule has 0 bridgehead atoms. The highest BCUT2D eigenvalue weighted by molar-refractivity contribution is 7.01. The summed E-state index contributed by atoms with van der Waals surface area (Å²) >= 11 is 0. The van der Waals surface area contributed by atoms with Crippen molar-refractivity contribution in [1.29, 1.82) is 0 Å². The molecule has 3 nitrogen and oxygen atoms in total. The Labute approximate surface area is 458 Å². The van der Waals surface area contributed by atoms with Gasteiger partial charge in [-0.15, -0.1) is 0 Å². The molecule has 4 atom stereocenters. The molecule has 4 unspecified atom stereocenters. The van der Waals surface area contributed by atoms with Crippen molar-refractivity contribution in [3.8, 4) is 11.1 Å². The van der Waals surface area contributed by atoms with Crippen molar-refractivity contribution in [2.45, 2.75) is 199 Å². The molecule has 2 aliphatic carbocycles. The summed E-state index contributed by atoms with van der Waals surface area (Å²) in [6.45, 7) is 39.9. The van der Waals surface area contributed by atoms with Gasteiger partial charge in [-0.3, -0.25) is 0 Å². The van der Waals surface area contributed by atoms with Gasteiger partial charge >= 0.3 is 0 Å². The third-order valence-electron chi connectivity index (χ3n) is 21.1. The maximum Gasteiger partial charge on any atom is 0.252 e. The van der Waals surface area contributed by atoms with Gasteiger partial charge in [0.25, 0.3) is 6.71 Å². The van der Waals surface area contributed by atoms with Gasteiger partial charge in [-0.25, -0.2) is 0 Å². The Morgan fingerprint density at radius 1 is 0.461 bits per heavy atom. The topological polar surface area (TPSA) is 9.72 Å². The zero-order valence-corrected chi connectivity index (χ0v) is 50.1. The second-order valence-corrected chi connectivity index (χ2v) is 34.8. The van der Waals surface area contributed by atoms with Crippen molar-refractivity contribution in [3.05, 3.63) is 149 Å². The molecule has 0 N–H and O–H groups in total. The van der Waals surface area contributed by atoms with E-state index in [-0.39, 0.29) is 44.9 Å². The Kier molecular flexibility index (Phi) is 10.6. The first kappa shape index (κ1) is 50.0. The molecular weight excluding hydrogens is 934 g/mol. The lowest BCUT2D eigenvalue weighted by Gasteiger charge is -2.54. The molecule has 13 rings (SSSR count). The highest BCUT2D eigenvalue weighted by Crippen LogP contribution is 2.65. The molecule has 6 aliphatic rings. The number of nitrogens with zero attached hydrogens (tertiary/aromatic N) is 3. The maximum atomic E-state index is 3.00. The lowest BCUT2D eigenvalue weighted by Crippen LogP contribution is -2.65. The van der Waals surface area contributed by atoms with E-state index in [1.54, 1.807) is 16.3 Å². The van der Waals surface area contributed by atoms with E-state index in [1.807, 2.05) is 0 Å². The first-order valence-corrected chi connectivity index (χ1v) is 32.9. The van der Waals surface area contributed by atoms with E-state index in [0.717, 1.165) is 6.42 Å². The molecule has 76 heavy (non-hydrogen) atoms. The summed E-state index contributed by atoms with van der Waals surface area (Å²) in [7, 11) is -1.79. The largest absolute Gasteiger partial charge is 0.335 e. The predicted octanol–water partition coefficient (Wildman–Crippen LogP) is 17.0. The number of hydrogen-bond donors (Lipinski definition) is 0. The highest BCUT2D eigenvalue weighted by atomic mass is 28.3. The predicted molar refractivity (Wildman–Crippen MR) is 333 cm³/mol. The maximum absolute atomic E-state index is 3.00. The van der Waals surface area contributed by atoms with Crippen molar-refractivity contribution < 1.29 is 0 Å². The molecule has 5 heteroatoms. The summed E-state index contributed by atoms with van der Waals surface area (Å²) in [5.74, 6) is 0. The molecule has 7 aromatic rings. The van der Waals surface area contributed by atoms with Crippen LogP contribution in [0.4, 0.5) is 39.8 Å². The third kappa shape index (κ3) is 6.84. The summed E-state index contributed by atoms with van der Waals surface area (Å²) < 4.78 is 0. The fourth-order valence-electron chi connectivity index (χ4n) is 16.0. The van der Waals surface area contributed by atoms with E-state index in [4.69, 9.17) is 0 Å². The van der Waals surface area contributed by atoms with E-state index >= 15 is 0 Å². The van der Waals surface area contributed by atoms with Crippen LogP contribution in [0.15, 0.2) is 121 Å².